The number of amidine groups is 1. The molecule has 82 valence electrons. The standard InChI is InChI=1S/C9H10N6O/c1-6-11-2-3-15(6)8-5-12-7(4-13-8)9(10)14-16/h2-5,16H,1H3,(H2,10,14). The molecule has 0 saturated carbocycles. The number of imidazole rings is 1. The molecule has 7 nitrogen and oxygen atoms in total. The van der Waals surface area contributed by atoms with Crippen LogP contribution >= 0.6 is 0 Å². The first-order valence-corrected chi connectivity index (χ1v) is 4.52. The molecule has 0 amide bonds. The van der Waals surface area contributed by atoms with E-state index in [-0.39, 0.29) is 5.84 Å². The van der Waals surface area contributed by atoms with Crippen LogP contribution in [-0.4, -0.2) is 30.6 Å². The third kappa shape index (κ3) is 1.70. The smallest absolute Gasteiger partial charge is 0.190 e. The van der Waals surface area contributed by atoms with Gasteiger partial charge < -0.3 is 10.9 Å². The normalized spacial score (nSPS) is 11.7. The highest BCUT2D eigenvalue weighted by atomic mass is 16.4. The predicted octanol–water partition coefficient (Wildman–Crippen LogP) is 0.0652. The van der Waals surface area contributed by atoms with Crippen molar-refractivity contribution in [3.63, 3.8) is 0 Å². The fraction of sp³-hybridized carbons (Fsp3) is 0.111. The second-order valence-electron chi connectivity index (χ2n) is 3.09. The zero-order chi connectivity index (χ0) is 11.5. The Bertz CT molecular complexity index is 515. The summed E-state index contributed by atoms with van der Waals surface area (Å²) in [5.74, 6) is 1.37. The van der Waals surface area contributed by atoms with Crippen molar-refractivity contribution < 1.29 is 5.21 Å². The van der Waals surface area contributed by atoms with Crippen molar-refractivity contribution in [2.45, 2.75) is 6.92 Å². The van der Waals surface area contributed by atoms with Crippen molar-refractivity contribution in [1.82, 2.24) is 19.5 Å². The van der Waals surface area contributed by atoms with Gasteiger partial charge in [0, 0.05) is 12.4 Å². The number of hydrogen-bond donors (Lipinski definition) is 2. The van der Waals surface area contributed by atoms with Gasteiger partial charge in [0.2, 0.25) is 0 Å². The summed E-state index contributed by atoms with van der Waals surface area (Å²) in [6.45, 7) is 1.86. The molecule has 0 radical (unpaired) electrons. The highest BCUT2D eigenvalue weighted by molar-refractivity contribution is 5.94. The molecule has 16 heavy (non-hydrogen) atoms. The van der Waals surface area contributed by atoms with Crippen LogP contribution in [0.1, 0.15) is 11.5 Å². The quantitative estimate of drug-likeness (QED) is 0.321. The van der Waals surface area contributed by atoms with E-state index >= 15 is 0 Å². The number of rotatable bonds is 2. The second-order valence-corrected chi connectivity index (χ2v) is 3.09. The molecule has 0 fully saturated rings. The van der Waals surface area contributed by atoms with Gasteiger partial charge in [0.15, 0.2) is 11.7 Å². The maximum absolute atomic E-state index is 8.47. The SMILES string of the molecule is Cc1nccn1-c1cnc(C(N)=NO)cn1. The van der Waals surface area contributed by atoms with Gasteiger partial charge in [0.25, 0.3) is 0 Å². The number of aromatic nitrogens is 4. The predicted molar refractivity (Wildman–Crippen MR) is 56.4 cm³/mol. The van der Waals surface area contributed by atoms with Crippen LogP contribution < -0.4 is 5.73 Å². The Morgan fingerprint density at radius 1 is 1.38 bits per heavy atom. The molecule has 0 bridgehead atoms. The molecule has 0 atom stereocenters. The first kappa shape index (κ1) is 10.1. The van der Waals surface area contributed by atoms with E-state index in [0.29, 0.717) is 11.5 Å². The number of nitrogens with zero attached hydrogens (tertiary/aromatic N) is 5. The van der Waals surface area contributed by atoms with Crippen LogP contribution in [0.15, 0.2) is 29.9 Å². The minimum absolute atomic E-state index is 0.0681. The molecule has 0 aliphatic rings. The van der Waals surface area contributed by atoms with E-state index in [1.54, 1.807) is 17.0 Å². The van der Waals surface area contributed by atoms with Crippen LogP contribution in [-0.2, 0) is 0 Å². The summed E-state index contributed by atoms with van der Waals surface area (Å²) >= 11 is 0. The molecule has 0 aliphatic heterocycles. The molecule has 0 saturated heterocycles. The summed E-state index contributed by atoms with van der Waals surface area (Å²) in [4.78, 5) is 12.2. The third-order valence-corrected chi connectivity index (χ3v) is 2.08. The Labute approximate surface area is 91.3 Å². The van der Waals surface area contributed by atoms with Gasteiger partial charge in [-0.1, -0.05) is 5.16 Å². The summed E-state index contributed by atoms with van der Waals surface area (Å²) in [6, 6.07) is 0. The molecule has 0 aliphatic carbocycles. The second kappa shape index (κ2) is 3.97. The molecule has 0 spiro atoms. The minimum Gasteiger partial charge on any atom is -0.409 e. The first-order chi connectivity index (χ1) is 7.72. The van der Waals surface area contributed by atoms with Crippen molar-refractivity contribution in [3.05, 3.63) is 36.3 Å². The van der Waals surface area contributed by atoms with Crippen molar-refractivity contribution in [1.29, 1.82) is 0 Å². The van der Waals surface area contributed by atoms with Gasteiger partial charge in [-0.15, -0.1) is 0 Å². The van der Waals surface area contributed by atoms with Crippen LogP contribution in [0.3, 0.4) is 0 Å². The summed E-state index contributed by atoms with van der Waals surface area (Å²) in [7, 11) is 0. The Kier molecular flexibility index (Phi) is 2.50. The van der Waals surface area contributed by atoms with Crippen LogP contribution in [0.2, 0.25) is 0 Å². The molecule has 2 heterocycles. The lowest BCUT2D eigenvalue weighted by Gasteiger charge is -2.03. The van der Waals surface area contributed by atoms with Crippen LogP contribution in [0, 0.1) is 6.92 Å². The summed E-state index contributed by atoms with van der Waals surface area (Å²) in [6.07, 6.45) is 6.42. The summed E-state index contributed by atoms with van der Waals surface area (Å²) in [5.41, 5.74) is 5.69. The molecule has 7 heteroatoms. The summed E-state index contributed by atoms with van der Waals surface area (Å²) < 4.78 is 1.78. The van der Waals surface area contributed by atoms with Gasteiger partial charge >= 0.3 is 0 Å². The Hall–Kier alpha value is -2.44. The third-order valence-electron chi connectivity index (χ3n) is 2.08. The lowest BCUT2D eigenvalue weighted by atomic mass is 10.4. The molecule has 0 aromatic carbocycles. The molecular formula is C9H10N6O. The van der Waals surface area contributed by atoms with Crippen LogP contribution in [0.5, 0.6) is 0 Å². The fourth-order valence-electron chi connectivity index (χ4n) is 1.25. The van der Waals surface area contributed by atoms with E-state index < -0.39 is 0 Å². The number of nitrogens with two attached hydrogens (primary N) is 1. The van der Waals surface area contributed by atoms with E-state index in [0.717, 1.165) is 5.82 Å². The van der Waals surface area contributed by atoms with Gasteiger partial charge in [-0.3, -0.25) is 4.57 Å². The Morgan fingerprint density at radius 2 is 2.19 bits per heavy atom. The number of hydrogen-bond acceptors (Lipinski definition) is 5. The maximum Gasteiger partial charge on any atom is 0.190 e. The maximum atomic E-state index is 8.47. The average Bonchev–Trinajstić information content (AvgIpc) is 2.75. The lowest BCUT2D eigenvalue weighted by Crippen LogP contribution is -2.15. The van der Waals surface area contributed by atoms with Gasteiger partial charge in [-0.25, -0.2) is 15.0 Å². The van der Waals surface area contributed by atoms with Gasteiger partial charge in [0.1, 0.15) is 11.5 Å². The molecule has 2 rings (SSSR count). The van der Waals surface area contributed by atoms with Gasteiger partial charge in [-0.05, 0) is 6.92 Å². The minimum atomic E-state index is -0.0681. The van der Waals surface area contributed by atoms with Gasteiger partial charge in [0.05, 0.1) is 12.4 Å². The molecular weight excluding hydrogens is 208 g/mol. The largest absolute Gasteiger partial charge is 0.409 e. The molecule has 3 N–H and O–H groups in total. The first-order valence-electron chi connectivity index (χ1n) is 4.52. The van der Waals surface area contributed by atoms with E-state index in [1.807, 2.05) is 6.92 Å². The van der Waals surface area contributed by atoms with E-state index in [1.165, 1.54) is 12.4 Å². The molecule has 0 unspecified atom stereocenters. The number of aryl methyl sites for hydroxylation is 1. The average molecular weight is 218 g/mol. The van der Waals surface area contributed by atoms with Crippen LogP contribution in [0.25, 0.3) is 5.82 Å². The zero-order valence-electron chi connectivity index (χ0n) is 8.57. The van der Waals surface area contributed by atoms with Crippen molar-refractivity contribution in [3.8, 4) is 5.82 Å². The fourth-order valence-corrected chi connectivity index (χ4v) is 1.25. The number of oxime groups is 1. The van der Waals surface area contributed by atoms with E-state index in [4.69, 9.17) is 10.9 Å². The van der Waals surface area contributed by atoms with E-state index in [9.17, 15) is 0 Å². The monoisotopic (exact) mass is 218 g/mol. The highest BCUT2D eigenvalue weighted by Crippen LogP contribution is 2.05. The van der Waals surface area contributed by atoms with E-state index in [2.05, 4.69) is 20.1 Å². The van der Waals surface area contributed by atoms with Crippen molar-refractivity contribution in [2.24, 2.45) is 10.9 Å². The lowest BCUT2D eigenvalue weighted by molar-refractivity contribution is 0.318. The summed E-state index contributed by atoms with van der Waals surface area (Å²) in [5, 5.41) is 11.3. The topological polar surface area (TPSA) is 102 Å². The van der Waals surface area contributed by atoms with Crippen molar-refractivity contribution >= 4 is 5.84 Å². The Morgan fingerprint density at radius 3 is 2.69 bits per heavy atom. The molecule has 2 aromatic rings. The van der Waals surface area contributed by atoms with Crippen LogP contribution in [0.4, 0.5) is 0 Å². The van der Waals surface area contributed by atoms with Crippen molar-refractivity contribution in [2.75, 3.05) is 0 Å². The zero-order valence-corrected chi connectivity index (χ0v) is 8.57. The molecule has 2 aromatic heterocycles. The van der Waals surface area contributed by atoms with Gasteiger partial charge in [-0.2, -0.15) is 0 Å². The Balaban J connectivity index is 2.37. The highest BCUT2D eigenvalue weighted by Gasteiger charge is 2.04.